The predicted octanol–water partition coefficient (Wildman–Crippen LogP) is 2.68. The third kappa shape index (κ3) is 0.669. The summed E-state index contributed by atoms with van der Waals surface area (Å²) in [4.78, 5) is 16.2. The lowest BCUT2D eigenvalue weighted by Gasteiger charge is -3.11. The Hall–Kier alpha value is -1.39. The molecule has 6 aliphatic rings. The molecule has 21 heavy (non-hydrogen) atoms. The molecule has 1 aromatic heterocycles. The van der Waals surface area contributed by atoms with Gasteiger partial charge >= 0.3 is 6.18 Å². The first-order valence-corrected chi connectivity index (χ1v) is 7.45. The number of ketones is 1. The van der Waals surface area contributed by atoms with Crippen LogP contribution in [0.2, 0.25) is 0 Å². The van der Waals surface area contributed by atoms with Crippen LogP contribution >= 0.6 is 0 Å². The molecule has 4 atom stereocenters. The number of halogens is 3. The van der Waals surface area contributed by atoms with Crippen LogP contribution < -0.4 is 0 Å². The van der Waals surface area contributed by atoms with Gasteiger partial charge in [-0.15, -0.1) is 0 Å². The van der Waals surface area contributed by atoms with Crippen molar-refractivity contribution in [3.8, 4) is 0 Å². The van der Waals surface area contributed by atoms with Crippen molar-refractivity contribution >= 4 is 5.78 Å². The number of nitrogens with zero attached hydrogens (tertiary/aromatic N) is 1. The summed E-state index contributed by atoms with van der Waals surface area (Å²) in [5, 5.41) is 0. The Balaban J connectivity index is 1.52. The van der Waals surface area contributed by atoms with Crippen LogP contribution in [0.25, 0.3) is 0 Å². The number of Topliss-reactive ketones (excluding diaryl/α,β-unsaturated/α-hetero) is 1. The van der Waals surface area contributed by atoms with Crippen LogP contribution in [0.4, 0.5) is 13.2 Å². The molecule has 0 N–H and O–H groups in total. The van der Waals surface area contributed by atoms with Crippen LogP contribution in [-0.2, 0) is 16.4 Å². The van der Waals surface area contributed by atoms with Crippen molar-refractivity contribution in [2.45, 2.75) is 18.5 Å². The maximum Gasteiger partial charge on any atom is 0.433 e. The number of alkyl halides is 3. The summed E-state index contributed by atoms with van der Waals surface area (Å²) in [5.41, 5.74) is -0.954. The van der Waals surface area contributed by atoms with Gasteiger partial charge in [0, 0.05) is 16.5 Å². The van der Waals surface area contributed by atoms with Crippen LogP contribution in [0.1, 0.15) is 18.3 Å². The first-order valence-electron chi connectivity index (χ1n) is 7.45. The molecule has 0 spiro atoms. The van der Waals surface area contributed by atoms with Gasteiger partial charge in [0.1, 0.15) is 11.5 Å². The van der Waals surface area contributed by atoms with E-state index in [-0.39, 0.29) is 16.6 Å². The molecular formula is C16H12F3NO. The Bertz CT molecular complexity index is 734. The Morgan fingerprint density at radius 3 is 2.33 bits per heavy atom. The first kappa shape index (κ1) is 11.2. The lowest BCUT2D eigenvalue weighted by Crippen LogP contribution is -3.12. The van der Waals surface area contributed by atoms with Gasteiger partial charge in [0.05, 0.1) is 0 Å². The molecule has 0 saturated heterocycles. The smallest absolute Gasteiger partial charge is 0.299 e. The van der Waals surface area contributed by atoms with Crippen molar-refractivity contribution in [3.05, 3.63) is 29.6 Å². The van der Waals surface area contributed by atoms with Crippen molar-refractivity contribution in [1.82, 2.24) is 4.98 Å². The summed E-state index contributed by atoms with van der Waals surface area (Å²) >= 11 is 0. The molecule has 1 heterocycles. The van der Waals surface area contributed by atoms with Crippen molar-refractivity contribution < 1.29 is 18.0 Å². The normalized spacial score (nSPS) is 56.2. The van der Waals surface area contributed by atoms with Gasteiger partial charge in [0.25, 0.3) is 0 Å². The lowest BCUT2D eigenvalue weighted by molar-refractivity contribution is -0.611. The SMILES string of the molecule is CC(=O)C12C3C4C5C3C1(c1cccc(C(F)(F)F)n1)C5C42. The second-order valence-electron chi connectivity index (χ2n) is 7.46. The molecule has 6 aliphatic carbocycles. The molecule has 7 rings (SSSR count). The van der Waals surface area contributed by atoms with Gasteiger partial charge in [-0.1, -0.05) is 6.07 Å². The quantitative estimate of drug-likeness (QED) is 0.838. The van der Waals surface area contributed by atoms with Gasteiger partial charge in [-0.25, -0.2) is 4.98 Å². The molecule has 0 radical (unpaired) electrons. The minimum atomic E-state index is -4.42. The molecule has 6 fully saturated rings. The standard InChI is InChI=1S/C16H12F3NO/c1-5(21)14-10-8-9-12(10)15(14,13(9)11(8)14)6-3-2-4-7(20-6)16(17,18)19/h2-4,8-13H,1H3. The number of carbonyl (C=O) groups is 1. The molecule has 0 aliphatic heterocycles. The molecule has 2 nitrogen and oxygen atoms in total. The van der Waals surface area contributed by atoms with E-state index in [0.29, 0.717) is 35.3 Å². The number of hydrogen-bond donors (Lipinski definition) is 0. The number of aromatic nitrogens is 1. The number of rotatable bonds is 2. The number of hydrogen-bond acceptors (Lipinski definition) is 2. The largest absolute Gasteiger partial charge is 0.433 e. The third-order valence-corrected chi connectivity index (χ3v) is 7.71. The molecule has 0 bridgehead atoms. The highest BCUT2D eigenvalue weighted by molar-refractivity contribution is 5.95. The van der Waals surface area contributed by atoms with Crippen LogP contribution in [0.3, 0.4) is 0 Å². The Kier molecular flexibility index (Phi) is 1.36. The zero-order chi connectivity index (χ0) is 14.5. The van der Waals surface area contributed by atoms with E-state index in [2.05, 4.69) is 4.98 Å². The minimum absolute atomic E-state index is 0.179. The van der Waals surface area contributed by atoms with E-state index in [1.165, 1.54) is 6.07 Å². The molecule has 1 aromatic rings. The van der Waals surface area contributed by atoms with E-state index in [9.17, 15) is 18.0 Å². The van der Waals surface area contributed by atoms with Crippen molar-refractivity contribution in [1.29, 1.82) is 0 Å². The highest BCUT2D eigenvalue weighted by Crippen LogP contribution is 3.10. The predicted molar refractivity (Wildman–Crippen MR) is 65.0 cm³/mol. The fourth-order valence-corrected chi connectivity index (χ4v) is 7.67. The molecule has 5 heteroatoms. The van der Waals surface area contributed by atoms with E-state index in [1.807, 2.05) is 0 Å². The third-order valence-electron chi connectivity index (χ3n) is 7.71. The summed E-state index contributed by atoms with van der Waals surface area (Å²) in [6, 6.07) is 4.17. The number of carbonyl (C=O) groups excluding carboxylic acids is 1. The lowest BCUT2D eigenvalue weighted by atomic mass is 8.91. The van der Waals surface area contributed by atoms with E-state index < -0.39 is 11.9 Å². The van der Waals surface area contributed by atoms with Gasteiger partial charge in [0.15, 0.2) is 0 Å². The fourth-order valence-electron chi connectivity index (χ4n) is 7.67. The maximum absolute atomic E-state index is 12.9. The molecule has 6 saturated carbocycles. The monoisotopic (exact) mass is 291 g/mol. The molecule has 0 amide bonds. The van der Waals surface area contributed by atoms with Crippen molar-refractivity contribution in [3.63, 3.8) is 0 Å². The van der Waals surface area contributed by atoms with Gasteiger partial charge < -0.3 is 0 Å². The molecule has 0 aromatic carbocycles. The maximum atomic E-state index is 12.9. The van der Waals surface area contributed by atoms with Gasteiger partial charge in [-0.05, 0) is 54.6 Å². The van der Waals surface area contributed by atoms with E-state index >= 15 is 0 Å². The average Bonchev–Trinajstić information content (AvgIpc) is 2.45. The summed E-state index contributed by atoms with van der Waals surface area (Å²) < 4.78 is 38.7. The Morgan fingerprint density at radius 1 is 1.14 bits per heavy atom. The highest BCUT2D eigenvalue weighted by atomic mass is 19.4. The van der Waals surface area contributed by atoms with Crippen molar-refractivity contribution in [2.24, 2.45) is 40.9 Å². The summed E-state index contributed by atoms with van der Waals surface area (Å²) in [6.45, 7) is 1.62. The zero-order valence-electron chi connectivity index (χ0n) is 11.2. The van der Waals surface area contributed by atoms with Crippen LogP contribution in [-0.4, -0.2) is 10.8 Å². The highest BCUT2D eigenvalue weighted by Gasteiger charge is 3.11. The topological polar surface area (TPSA) is 30.0 Å². The van der Waals surface area contributed by atoms with Crippen LogP contribution in [0, 0.1) is 40.9 Å². The minimum Gasteiger partial charge on any atom is -0.299 e. The fraction of sp³-hybridized carbons (Fsp3) is 0.625. The van der Waals surface area contributed by atoms with Crippen molar-refractivity contribution in [2.75, 3.05) is 0 Å². The molecular weight excluding hydrogens is 279 g/mol. The van der Waals surface area contributed by atoms with Gasteiger partial charge in [0.2, 0.25) is 0 Å². The summed E-state index contributed by atoms with van der Waals surface area (Å²) in [7, 11) is 0. The molecule has 4 unspecified atom stereocenters. The summed E-state index contributed by atoms with van der Waals surface area (Å²) in [5.74, 6) is 3.40. The zero-order valence-corrected chi connectivity index (χ0v) is 11.2. The number of pyridine rings is 1. The molecule has 108 valence electrons. The van der Waals surface area contributed by atoms with Gasteiger partial charge in [-0.2, -0.15) is 13.2 Å². The summed E-state index contributed by atoms with van der Waals surface area (Å²) in [6.07, 6.45) is -4.42. The van der Waals surface area contributed by atoms with Gasteiger partial charge in [-0.3, -0.25) is 4.79 Å². The van der Waals surface area contributed by atoms with E-state index in [0.717, 1.165) is 12.0 Å². The Labute approximate surface area is 118 Å². The first-order chi connectivity index (χ1) is 9.89. The van der Waals surface area contributed by atoms with E-state index in [4.69, 9.17) is 0 Å². The van der Waals surface area contributed by atoms with Crippen LogP contribution in [0.15, 0.2) is 18.2 Å². The second-order valence-corrected chi connectivity index (χ2v) is 7.46. The average molecular weight is 291 g/mol. The van der Waals surface area contributed by atoms with E-state index in [1.54, 1.807) is 13.0 Å². The Morgan fingerprint density at radius 2 is 1.76 bits per heavy atom. The van der Waals surface area contributed by atoms with Crippen LogP contribution in [0.5, 0.6) is 0 Å². The second kappa shape index (κ2) is 2.55.